The number of amides is 1. The van der Waals surface area contributed by atoms with Gasteiger partial charge in [-0.2, -0.15) is 5.10 Å². The highest BCUT2D eigenvalue weighted by Crippen LogP contribution is 2.34. The third-order valence-corrected chi connectivity index (χ3v) is 5.12. The molecule has 1 saturated carbocycles. The summed E-state index contributed by atoms with van der Waals surface area (Å²) in [6.07, 6.45) is 5.58. The monoisotopic (exact) mass is 335 g/mol. The van der Waals surface area contributed by atoms with Gasteiger partial charge in [-0.3, -0.25) is 9.89 Å². The van der Waals surface area contributed by atoms with Crippen LogP contribution in [0.3, 0.4) is 0 Å². The number of hydrogen-bond donors (Lipinski definition) is 2. The molecule has 1 fully saturated rings. The van der Waals surface area contributed by atoms with Crippen molar-refractivity contribution in [2.75, 3.05) is 5.32 Å². The molecule has 3 aromatic heterocycles. The number of aromatic amines is 1. The number of nitrogens with one attached hydrogen (secondary N) is 2. The number of carbonyl (C=O) groups is 1. The van der Waals surface area contributed by atoms with Crippen molar-refractivity contribution in [3.05, 3.63) is 36.7 Å². The first-order chi connectivity index (χ1) is 11.8. The number of carbonyl (C=O) groups excluding carboxylic acids is 1. The second-order valence-electron chi connectivity index (χ2n) is 6.00. The first kappa shape index (κ1) is 13.6. The smallest absolute Gasteiger partial charge is 0.229 e. The molecule has 0 aliphatic heterocycles. The van der Waals surface area contributed by atoms with E-state index < -0.39 is 0 Å². The van der Waals surface area contributed by atoms with Crippen LogP contribution < -0.4 is 5.32 Å². The molecule has 24 heavy (non-hydrogen) atoms. The van der Waals surface area contributed by atoms with Crippen molar-refractivity contribution >= 4 is 43.6 Å². The number of H-pyrrole nitrogens is 1. The molecule has 0 spiro atoms. The summed E-state index contributed by atoms with van der Waals surface area (Å²) in [7, 11) is 0. The summed E-state index contributed by atoms with van der Waals surface area (Å²) in [5.41, 5.74) is 3.78. The van der Waals surface area contributed by atoms with Crippen molar-refractivity contribution in [3.8, 4) is 11.1 Å². The molecular weight excluding hydrogens is 322 g/mol. The second kappa shape index (κ2) is 5.10. The summed E-state index contributed by atoms with van der Waals surface area (Å²) >= 11 is 1.50. The Kier molecular flexibility index (Phi) is 2.90. The molecule has 118 valence electrons. The highest BCUT2D eigenvalue weighted by Gasteiger charge is 2.30. The molecule has 7 heteroatoms. The van der Waals surface area contributed by atoms with Gasteiger partial charge in [0.1, 0.15) is 0 Å². The molecule has 1 aliphatic carbocycles. The van der Waals surface area contributed by atoms with Crippen LogP contribution in [-0.2, 0) is 4.79 Å². The topological polar surface area (TPSA) is 83.6 Å². The van der Waals surface area contributed by atoms with E-state index >= 15 is 0 Å². The van der Waals surface area contributed by atoms with E-state index in [1.165, 1.54) is 11.3 Å². The number of rotatable bonds is 3. The van der Waals surface area contributed by atoms with Gasteiger partial charge < -0.3 is 5.32 Å². The minimum absolute atomic E-state index is 0.0869. The number of pyridine rings is 1. The number of thiazole rings is 1. The maximum absolute atomic E-state index is 11.9. The Labute approximate surface area is 140 Å². The standard InChI is InChI=1S/C17H13N5OS/c23-16(9-1-2-9)21-17-20-13-4-3-10(6-14(13)24-17)11-5-12-8-19-22-15(12)18-7-11/h3-9H,1-2H2,(H,18,19,22)(H,20,21,23). The number of benzene rings is 1. The summed E-state index contributed by atoms with van der Waals surface area (Å²) in [4.78, 5) is 20.8. The molecule has 0 bridgehead atoms. The minimum atomic E-state index is 0.0869. The highest BCUT2D eigenvalue weighted by atomic mass is 32.1. The van der Waals surface area contributed by atoms with Gasteiger partial charge in [-0.1, -0.05) is 17.4 Å². The largest absolute Gasteiger partial charge is 0.302 e. The van der Waals surface area contributed by atoms with Gasteiger partial charge in [0, 0.05) is 23.1 Å². The first-order valence-corrected chi connectivity index (χ1v) is 8.59. The molecular formula is C17H13N5OS. The lowest BCUT2D eigenvalue weighted by atomic mass is 10.1. The van der Waals surface area contributed by atoms with Crippen molar-refractivity contribution in [1.82, 2.24) is 20.2 Å². The normalized spacial score (nSPS) is 14.3. The first-order valence-electron chi connectivity index (χ1n) is 7.77. The van der Waals surface area contributed by atoms with Crippen LogP contribution in [0.1, 0.15) is 12.8 Å². The van der Waals surface area contributed by atoms with E-state index in [4.69, 9.17) is 0 Å². The Hall–Kier alpha value is -2.80. The van der Waals surface area contributed by atoms with Crippen molar-refractivity contribution < 1.29 is 4.79 Å². The van der Waals surface area contributed by atoms with Gasteiger partial charge in [0.2, 0.25) is 5.91 Å². The third-order valence-electron chi connectivity index (χ3n) is 4.19. The number of nitrogens with zero attached hydrogens (tertiary/aromatic N) is 3. The second-order valence-corrected chi connectivity index (χ2v) is 7.03. The van der Waals surface area contributed by atoms with Crippen LogP contribution in [0, 0.1) is 5.92 Å². The Morgan fingerprint density at radius 1 is 1.21 bits per heavy atom. The molecule has 1 amide bonds. The lowest BCUT2D eigenvalue weighted by Gasteiger charge is -2.01. The fraction of sp³-hybridized carbons (Fsp3) is 0.176. The van der Waals surface area contributed by atoms with Crippen LogP contribution in [-0.4, -0.2) is 26.1 Å². The Balaban J connectivity index is 1.51. The zero-order chi connectivity index (χ0) is 16.1. The van der Waals surface area contributed by atoms with E-state index in [0.29, 0.717) is 5.13 Å². The van der Waals surface area contributed by atoms with Crippen LogP contribution >= 0.6 is 11.3 Å². The molecule has 0 atom stereocenters. The molecule has 4 aromatic rings. The van der Waals surface area contributed by atoms with Crippen LogP contribution in [0.5, 0.6) is 0 Å². The van der Waals surface area contributed by atoms with Gasteiger partial charge in [-0.05, 0) is 36.6 Å². The van der Waals surface area contributed by atoms with Crippen LogP contribution in [0.15, 0.2) is 36.7 Å². The predicted molar refractivity (Wildman–Crippen MR) is 93.9 cm³/mol. The average Bonchev–Trinajstić information content (AvgIpc) is 3.21. The predicted octanol–water partition coefficient (Wildman–Crippen LogP) is 3.58. The van der Waals surface area contributed by atoms with E-state index in [2.05, 4.69) is 37.6 Å². The molecule has 1 aromatic carbocycles. The number of anilines is 1. The zero-order valence-electron chi connectivity index (χ0n) is 12.6. The minimum Gasteiger partial charge on any atom is -0.302 e. The summed E-state index contributed by atoms with van der Waals surface area (Å²) in [6.45, 7) is 0. The molecule has 5 rings (SSSR count). The maximum Gasteiger partial charge on any atom is 0.229 e. The quantitative estimate of drug-likeness (QED) is 0.599. The summed E-state index contributed by atoms with van der Waals surface area (Å²) in [5, 5.41) is 11.4. The van der Waals surface area contributed by atoms with E-state index in [0.717, 1.165) is 45.2 Å². The summed E-state index contributed by atoms with van der Waals surface area (Å²) < 4.78 is 1.05. The average molecular weight is 335 g/mol. The van der Waals surface area contributed by atoms with E-state index in [1.807, 2.05) is 18.3 Å². The van der Waals surface area contributed by atoms with Gasteiger partial charge in [0.15, 0.2) is 10.8 Å². The van der Waals surface area contributed by atoms with Crippen molar-refractivity contribution in [2.24, 2.45) is 5.92 Å². The molecule has 3 heterocycles. The van der Waals surface area contributed by atoms with Crippen molar-refractivity contribution in [3.63, 3.8) is 0 Å². The number of fused-ring (bicyclic) bond motifs is 2. The molecule has 0 radical (unpaired) electrons. The van der Waals surface area contributed by atoms with Crippen LogP contribution in [0.25, 0.3) is 32.4 Å². The maximum atomic E-state index is 11.9. The molecule has 2 N–H and O–H groups in total. The molecule has 6 nitrogen and oxygen atoms in total. The molecule has 0 saturated heterocycles. The third kappa shape index (κ3) is 2.33. The molecule has 0 unspecified atom stereocenters. The van der Waals surface area contributed by atoms with Crippen molar-refractivity contribution in [1.29, 1.82) is 0 Å². The number of aromatic nitrogens is 4. The van der Waals surface area contributed by atoms with Gasteiger partial charge in [-0.15, -0.1) is 0 Å². The Morgan fingerprint density at radius 2 is 2.12 bits per heavy atom. The van der Waals surface area contributed by atoms with Gasteiger partial charge in [0.25, 0.3) is 0 Å². The van der Waals surface area contributed by atoms with Gasteiger partial charge in [0.05, 0.1) is 16.4 Å². The Bertz CT molecular complexity index is 1080. The lowest BCUT2D eigenvalue weighted by Crippen LogP contribution is -2.12. The SMILES string of the molecule is O=C(Nc1nc2ccc(-c3cnc4[nH]ncc4c3)cc2s1)C1CC1. The zero-order valence-corrected chi connectivity index (χ0v) is 13.4. The fourth-order valence-electron chi connectivity index (χ4n) is 2.71. The molecule has 1 aliphatic rings. The summed E-state index contributed by atoms with van der Waals surface area (Å²) in [6, 6.07) is 8.15. The summed E-state index contributed by atoms with van der Waals surface area (Å²) in [5.74, 6) is 0.268. The van der Waals surface area contributed by atoms with E-state index in [9.17, 15) is 4.79 Å². The van der Waals surface area contributed by atoms with Crippen molar-refractivity contribution in [2.45, 2.75) is 12.8 Å². The van der Waals surface area contributed by atoms with E-state index in [1.54, 1.807) is 6.20 Å². The number of hydrogen-bond acceptors (Lipinski definition) is 5. The van der Waals surface area contributed by atoms with Crippen LogP contribution in [0.4, 0.5) is 5.13 Å². The van der Waals surface area contributed by atoms with Crippen LogP contribution in [0.2, 0.25) is 0 Å². The fourth-order valence-corrected chi connectivity index (χ4v) is 3.61. The highest BCUT2D eigenvalue weighted by molar-refractivity contribution is 7.22. The van der Waals surface area contributed by atoms with Gasteiger partial charge >= 0.3 is 0 Å². The Morgan fingerprint density at radius 3 is 3.00 bits per heavy atom. The van der Waals surface area contributed by atoms with E-state index in [-0.39, 0.29) is 11.8 Å². The van der Waals surface area contributed by atoms with Gasteiger partial charge in [-0.25, -0.2) is 9.97 Å². The lowest BCUT2D eigenvalue weighted by molar-refractivity contribution is -0.117.